The normalized spacial score (nSPS) is 11.4. The number of carbonyl (C=O) groups is 1. The molecule has 2 aromatic rings. The maximum Gasteiger partial charge on any atom is 0.147 e. The van der Waals surface area contributed by atoms with E-state index in [9.17, 15) is 9.18 Å². The highest BCUT2D eigenvalue weighted by Gasteiger charge is 2.29. The molecule has 2 aromatic carbocycles. The maximum absolute atomic E-state index is 13.7. The molecule has 0 bridgehead atoms. The summed E-state index contributed by atoms with van der Waals surface area (Å²) in [7, 11) is 0. The van der Waals surface area contributed by atoms with Crippen LogP contribution in [0.4, 0.5) is 4.39 Å². The van der Waals surface area contributed by atoms with Gasteiger partial charge in [-0.1, -0.05) is 46.3 Å². The molecule has 0 amide bonds. The zero-order valence-corrected chi connectivity index (χ0v) is 13.1. The van der Waals surface area contributed by atoms with Gasteiger partial charge in [0, 0.05) is 16.3 Å². The van der Waals surface area contributed by atoms with Gasteiger partial charge in [0.25, 0.3) is 0 Å². The minimum atomic E-state index is -0.629. The van der Waals surface area contributed by atoms with Gasteiger partial charge in [-0.3, -0.25) is 4.79 Å². The first kappa shape index (κ1) is 14.9. The van der Waals surface area contributed by atoms with Gasteiger partial charge in [-0.2, -0.15) is 0 Å². The molecule has 0 heterocycles. The number of carbonyl (C=O) groups excluding carboxylic acids is 1. The lowest BCUT2D eigenvalue weighted by Crippen LogP contribution is -2.30. The Morgan fingerprint density at radius 2 is 1.80 bits per heavy atom. The van der Waals surface area contributed by atoms with Crippen LogP contribution in [0.2, 0.25) is 0 Å². The highest BCUT2D eigenvalue weighted by Crippen LogP contribution is 2.26. The standard InChI is InChI=1S/C17H16BrFO/c1-17(2,13-6-4-3-5-7-13)16(20)11-12-10-14(18)8-9-15(12)19/h3-10H,11H2,1-2H3. The molecule has 0 aliphatic carbocycles. The number of ketones is 1. The van der Waals surface area contributed by atoms with Gasteiger partial charge < -0.3 is 0 Å². The Hall–Kier alpha value is -1.48. The van der Waals surface area contributed by atoms with Crippen molar-refractivity contribution in [1.29, 1.82) is 0 Å². The highest BCUT2D eigenvalue weighted by atomic mass is 79.9. The number of benzene rings is 2. The van der Waals surface area contributed by atoms with Gasteiger partial charge >= 0.3 is 0 Å². The van der Waals surface area contributed by atoms with Crippen LogP contribution in [-0.2, 0) is 16.6 Å². The molecule has 0 saturated heterocycles. The second kappa shape index (κ2) is 5.88. The first-order valence-corrected chi connectivity index (χ1v) is 7.23. The van der Waals surface area contributed by atoms with E-state index in [1.807, 2.05) is 44.2 Å². The summed E-state index contributed by atoms with van der Waals surface area (Å²) in [5, 5.41) is 0. The van der Waals surface area contributed by atoms with Crippen LogP contribution in [0.5, 0.6) is 0 Å². The molecule has 104 valence electrons. The number of rotatable bonds is 4. The average molecular weight is 335 g/mol. The Morgan fingerprint density at radius 1 is 1.15 bits per heavy atom. The van der Waals surface area contributed by atoms with Gasteiger partial charge in [-0.15, -0.1) is 0 Å². The van der Waals surface area contributed by atoms with E-state index in [4.69, 9.17) is 0 Å². The summed E-state index contributed by atoms with van der Waals surface area (Å²) < 4.78 is 14.5. The quantitative estimate of drug-likeness (QED) is 0.793. The van der Waals surface area contributed by atoms with Crippen LogP contribution in [0.3, 0.4) is 0 Å². The summed E-state index contributed by atoms with van der Waals surface area (Å²) in [6.07, 6.45) is 0.0904. The van der Waals surface area contributed by atoms with Crippen molar-refractivity contribution in [2.24, 2.45) is 0 Å². The Kier molecular flexibility index (Phi) is 4.39. The smallest absolute Gasteiger partial charge is 0.147 e. The molecular weight excluding hydrogens is 319 g/mol. The second-order valence-electron chi connectivity index (χ2n) is 5.33. The molecule has 0 spiro atoms. The molecule has 1 nitrogen and oxygen atoms in total. The summed E-state index contributed by atoms with van der Waals surface area (Å²) in [6, 6.07) is 14.2. The number of hydrogen-bond acceptors (Lipinski definition) is 1. The lowest BCUT2D eigenvalue weighted by molar-refractivity contribution is -0.122. The topological polar surface area (TPSA) is 17.1 Å². The highest BCUT2D eigenvalue weighted by molar-refractivity contribution is 9.10. The lowest BCUT2D eigenvalue weighted by Gasteiger charge is -2.24. The van der Waals surface area contributed by atoms with Gasteiger partial charge in [0.1, 0.15) is 11.6 Å². The molecule has 0 saturated carbocycles. The average Bonchev–Trinajstić information content (AvgIpc) is 2.43. The molecule has 0 radical (unpaired) electrons. The van der Waals surface area contributed by atoms with E-state index in [1.165, 1.54) is 6.07 Å². The van der Waals surface area contributed by atoms with Crippen LogP contribution in [0.1, 0.15) is 25.0 Å². The van der Waals surface area contributed by atoms with Crippen molar-refractivity contribution >= 4 is 21.7 Å². The first-order valence-electron chi connectivity index (χ1n) is 6.44. The van der Waals surface area contributed by atoms with Crippen molar-refractivity contribution < 1.29 is 9.18 Å². The van der Waals surface area contributed by atoms with Crippen LogP contribution in [-0.4, -0.2) is 5.78 Å². The summed E-state index contributed by atoms with van der Waals surface area (Å²) in [6.45, 7) is 3.75. The summed E-state index contributed by atoms with van der Waals surface area (Å²) in [4.78, 5) is 12.5. The van der Waals surface area contributed by atoms with E-state index in [0.29, 0.717) is 5.56 Å². The molecule has 0 aliphatic rings. The second-order valence-corrected chi connectivity index (χ2v) is 6.24. The van der Waals surface area contributed by atoms with Crippen LogP contribution in [0, 0.1) is 5.82 Å². The SMILES string of the molecule is CC(C)(C(=O)Cc1cc(Br)ccc1F)c1ccccc1. The molecule has 2 rings (SSSR count). The number of hydrogen-bond donors (Lipinski definition) is 0. The van der Waals surface area contributed by atoms with E-state index < -0.39 is 5.41 Å². The number of Topliss-reactive ketones (excluding diaryl/α,β-unsaturated/α-hetero) is 1. The third-order valence-electron chi connectivity index (χ3n) is 3.55. The van der Waals surface area contributed by atoms with Crippen molar-refractivity contribution in [3.05, 3.63) is 69.9 Å². The Bertz CT molecular complexity index is 620. The van der Waals surface area contributed by atoms with E-state index in [-0.39, 0.29) is 18.0 Å². The zero-order valence-electron chi connectivity index (χ0n) is 11.5. The monoisotopic (exact) mass is 334 g/mol. The molecule has 0 aromatic heterocycles. The van der Waals surface area contributed by atoms with Gasteiger partial charge in [0.05, 0.1) is 0 Å². The summed E-state index contributed by atoms with van der Waals surface area (Å²) >= 11 is 3.30. The molecule has 3 heteroatoms. The number of halogens is 2. The van der Waals surface area contributed by atoms with Crippen LogP contribution >= 0.6 is 15.9 Å². The predicted molar refractivity (Wildman–Crippen MR) is 82.3 cm³/mol. The third-order valence-corrected chi connectivity index (χ3v) is 4.04. The molecular formula is C17H16BrFO. The Balaban J connectivity index is 2.26. The van der Waals surface area contributed by atoms with Crippen molar-refractivity contribution in [2.45, 2.75) is 25.7 Å². The minimum Gasteiger partial charge on any atom is -0.298 e. The van der Waals surface area contributed by atoms with Crippen LogP contribution in [0.25, 0.3) is 0 Å². The molecule has 0 aliphatic heterocycles. The summed E-state index contributed by atoms with van der Waals surface area (Å²) in [5.74, 6) is -0.342. The fraction of sp³-hybridized carbons (Fsp3) is 0.235. The molecule has 0 atom stereocenters. The van der Waals surface area contributed by atoms with Gasteiger partial charge in [0.15, 0.2) is 0 Å². The molecule has 0 unspecified atom stereocenters. The fourth-order valence-corrected chi connectivity index (χ4v) is 2.50. The van der Waals surface area contributed by atoms with Crippen LogP contribution in [0.15, 0.2) is 53.0 Å². The maximum atomic E-state index is 13.7. The third kappa shape index (κ3) is 3.15. The predicted octanol–water partition coefficient (Wildman–Crippen LogP) is 4.68. The van der Waals surface area contributed by atoms with Gasteiger partial charge in [-0.05, 0) is 43.2 Å². The molecule has 0 fully saturated rings. The van der Waals surface area contributed by atoms with Crippen molar-refractivity contribution in [2.75, 3.05) is 0 Å². The van der Waals surface area contributed by atoms with Crippen molar-refractivity contribution in [3.63, 3.8) is 0 Å². The molecule has 20 heavy (non-hydrogen) atoms. The van der Waals surface area contributed by atoms with Crippen molar-refractivity contribution in [3.8, 4) is 0 Å². The largest absolute Gasteiger partial charge is 0.298 e. The van der Waals surface area contributed by atoms with Gasteiger partial charge in [-0.25, -0.2) is 4.39 Å². The molecule has 0 N–H and O–H groups in total. The van der Waals surface area contributed by atoms with E-state index >= 15 is 0 Å². The van der Waals surface area contributed by atoms with E-state index in [2.05, 4.69) is 15.9 Å². The van der Waals surface area contributed by atoms with Gasteiger partial charge in [0.2, 0.25) is 0 Å². The van der Waals surface area contributed by atoms with E-state index in [1.54, 1.807) is 12.1 Å². The van der Waals surface area contributed by atoms with E-state index in [0.717, 1.165) is 10.0 Å². The summed E-state index contributed by atoms with van der Waals surface area (Å²) in [5.41, 5.74) is 0.740. The Labute approximate surface area is 127 Å². The Morgan fingerprint density at radius 3 is 2.45 bits per heavy atom. The minimum absolute atomic E-state index is 0.000648. The van der Waals surface area contributed by atoms with Crippen LogP contribution < -0.4 is 0 Å². The zero-order chi connectivity index (χ0) is 14.8. The fourth-order valence-electron chi connectivity index (χ4n) is 2.09. The lowest BCUT2D eigenvalue weighted by atomic mass is 9.78. The van der Waals surface area contributed by atoms with Crippen molar-refractivity contribution in [1.82, 2.24) is 0 Å². The first-order chi connectivity index (χ1) is 9.41.